The average molecular weight is 291 g/mol. The van der Waals surface area contributed by atoms with Crippen LogP contribution in [0.2, 0.25) is 0 Å². The van der Waals surface area contributed by atoms with Gasteiger partial charge < -0.3 is 0 Å². The summed E-state index contributed by atoms with van der Waals surface area (Å²) in [6, 6.07) is 4.45. The summed E-state index contributed by atoms with van der Waals surface area (Å²) in [6.07, 6.45) is 17.5. The first-order chi connectivity index (χ1) is 10.3. The molecule has 0 saturated carbocycles. The zero-order valence-electron chi connectivity index (χ0n) is 14.7. The molecule has 0 aliphatic rings. The first kappa shape index (κ1) is 18.2. The van der Waals surface area contributed by atoms with E-state index in [1.165, 1.54) is 82.0 Å². The molecule has 0 unspecified atom stereocenters. The second kappa shape index (κ2) is 11.8. The van der Waals surface area contributed by atoms with Gasteiger partial charge in [-0.1, -0.05) is 65.2 Å². The van der Waals surface area contributed by atoms with E-state index in [4.69, 9.17) is 0 Å². The highest BCUT2D eigenvalue weighted by molar-refractivity contribution is 5.13. The normalized spacial score (nSPS) is 11.0. The van der Waals surface area contributed by atoms with Gasteiger partial charge in [-0.2, -0.15) is 0 Å². The Bertz CT molecular complexity index is 370. The lowest BCUT2D eigenvalue weighted by molar-refractivity contribution is -0.703. The fourth-order valence-electron chi connectivity index (χ4n) is 3.07. The number of rotatable bonds is 12. The third-order valence-corrected chi connectivity index (χ3v) is 4.59. The summed E-state index contributed by atoms with van der Waals surface area (Å²) >= 11 is 0. The maximum Gasteiger partial charge on any atom is 0.181 e. The number of pyridine rings is 1. The van der Waals surface area contributed by atoms with Crippen LogP contribution in [0.3, 0.4) is 0 Å². The van der Waals surface area contributed by atoms with Crippen LogP contribution < -0.4 is 4.57 Å². The molecule has 0 fully saturated rings. The van der Waals surface area contributed by atoms with Crippen molar-refractivity contribution in [2.45, 2.75) is 97.9 Å². The van der Waals surface area contributed by atoms with Gasteiger partial charge in [0.15, 0.2) is 11.9 Å². The van der Waals surface area contributed by atoms with E-state index in [0.29, 0.717) is 0 Å². The van der Waals surface area contributed by atoms with Gasteiger partial charge in [0.1, 0.15) is 6.54 Å². The molecule has 1 heteroatoms. The molecule has 0 N–H and O–H groups in total. The van der Waals surface area contributed by atoms with Crippen molar-refractivity contribution >= 4 is 0 Å². The van der Waals surface area contributed by atoms with Crippen molar-refractivity contribution in [3.05, 3.63) is 29.6 Å². The van der Waals surface area contributed by atoms with Crippen molar-refractivity contribution in [1.82, 2.24) is 0 Å². The average Bonchev–Trinajstić information content (AvgIpc) is 2.50. The Labute approximate surface area is 132 Å². The number of aryl methyl sites for hydroxylation is 2. The van der Waals surface area contributed by atoms with Crippen molar-refractivity contribution < 1.29 is 4.57 Å². The van der Waals surface area contributed by atoms with Crippen LogP contribution in [0.1, 0.15) is 89.3 Å². The topological polar surface area (TPSA) is 3.88 Å². The molecule has 1 aromatic heterocycles. The molecule has 0 aromatic carbocycles. The van der Waals surface area contributed by atoms with Crippen LogP contribution in [0.15, 0.2) is 18.3 Å². The molecule has 1 heterocycles. The van der Waals surface area contributed by atoms with Gasteiger partial charge in [0.25, 0.3) is 0 Å². The predicted molar refractivity (Wildman–Crippen MR) is 92.6 cm³/mol. The molecule has 21 heavy (non-hydrogen) atoms. The van der Waals surface area contributed by atoms with E-state index in [2.05, 4.69) is 43.7 Å². The summed E-state index contributed by atoms with van der Waals surface area (Å²) in [4.78, 5) is 0. The van der Waals surface area contributed by atoms with E-state index in [-0.39, 0.29) is 0 Å². The first-order valence-electron chi connectivity index (χ1n) is 9.27. The molecule has 0 bridgehead atoms. The minimum Gasteiger partial charge on any atom is -0.202 e. The standard InChI is InChI=1S/C20H36N/c1-4-6-7-8-9-10-11-12-13-14-17-21-18-15-16-20(5-2)19(21)3/h15-16,18H,4-14,17H2,1-3H3/q+1. The molecular weight excluding hydrogens is 254 g/mol. The summed E-state index contributed by atoms with van der Waals surface area (Å²) in [6.45, 7) is 7.98. The van der Waals surface area contributed by atoms with E-state index in [1.54, 1.807) is 0 Å². The monoisotopic (exact) mass is 290 g/mol. The van der Waals surface area contributed by atoms with Gasteiger partial charge in [-0.05, 0) is 18.9 Å². The minimum absolute atomic E-state index is 1.14. The number of nitrogens with zero attached hydrogens (tertiary/aromatic N) is 1. The highest BCUT2D eigenvalue weighted by Crippen LogP contribution is 2.10. The van der Waals surface area contributed by atoms with E-state index < -0.39 is 0 Å². The van der Waals surface area contributed by atoms with Crippen LogP contribution in [0.25, 0.3) is 0 Å². The van der Waals surface area contributed by atoms with Crippen LogP contribution in [-0.2, 0) is 13.0 Å². The molecule has 0 amide bonds. The molecular formula is C20H36N+. The largest absolute Gasteiger partial charge is 0.202 e. The van der Waals surface area contributed by atoms with Crippen LogP contribution in [0.4, 0.5) is 0 Å². The Morgan fingerprint density at radius 1 is 0.810 bits per heavy atom. The van der Waals surface area contributed by atoms with E-state index >= 15 is 0 Å². The molecule has 0 radical (unpaired) electrons. The second-order valence-electron chi connectivity index (χ2n) is 6.35. The van der Waals surface area contributed by atoms with E-state index in [1.807, 2.05) is 0 Å². The van der Waals surface area contributed by atoms with Crippen LogP contribution in [0, 0.1) is 6.92 Å². The third kappa shape index (κ3) is 7.64. The van der Waals surface area contributed by atoms with Gasteiger partial charge in [0.2, 0.25) is 0 Å². The fraction of sp³-hybridized carbons (Fsp3) is 0.750. The Morgan fingerprint density at radius 3 is 1.95 bits per heavy atom. The maximum absolute atomic E-state index is 2.43. The molecule has 0 saturated heterocycles. The Balaban J connectivity index is 2.04. The summed E-state index contributed by atoms with van der Waals surface area (Å²) in [5.41, 5.74) is 2.94. The molecule has 0 atom stereocenters. The van der Waals surface area contributed by atoms with Crippen molar-refractivity contribution in [3.63, 3.8) is 0 Å². The lowest BCUT2D eigenvalue weighted by atomic mass is 10.1. The number of unbranched alkanes of at least 4 members (excludes halogenated alkanes) is 9. The number of aromatic nitrogens is 1. The predicted octanol–water partition coefficient (Wildman–Crippen LogP) is 5.77. The summed E-state index contributed by atoms with van der Waals surface area (Å²) < 4.78 is 2.43. The smallest absolute Gasteiger partial charge is 0.181 e. The Hall–Kier alpha value is -0.850. The summed E-state index contributed by atoms with van der Waals surface area (Å²) in [7, 11) is 0. The molecule has 1 aromatic rings. The molecule has 1 nitrogen and oxygen atoms in total. The molecule has 120 valence electrons. The molecule has 1 rings (SSSR count). The molecule has 0 aliphatic heterocycles. The summed E-state index contributed by atoms with van der Waals surface area (Å²) in [5.74, 6) is 0. The Kier molecular flexibility index (Phi) is 10.2. The zero-order chi connectivity index (χ0) is 15.3. The lowest BCUT2D eigenvalue weighted by Gasteiger charge is -2.05. The van der Waals surface area contributed by atoms with Gasteiger partial charge >= 0.3 is 0 Å². The van der Waals surface area contributed by atoms with Crippen LogP contribution in [0.5, 0.6) is 0 Å². The van der Waals surface area contributed by atoms with Gasteiger partial charge in [-0.3, -0.25) is 0 Å². The minimum atomic E-state index is 1.14. The van der Waals surface area contributed by atoms with Crippen molar-refractivity contribution in [1.29, 1.82) is 0 Å². The number of hydrogen-bond acceptors (Lipinski definition) is 0. The Morgan fingerprint density at radius 2 is 1.38 bits per heavy atom. The zero-order valence-corrected chi connectivity index (χ0v) is 14.7. The van der Waals surface area contributed by atoms with E-state index in [9.17, 15) is 0 Å². The SMILES string of the molecule is CCCCCCCCCCCC[n+]1cccc(CC)c1C. The molecule has 0 spiro atoms. The van der Waals surface area contributed by atoms with Gasteiger partial charge in [-0.15, -0.1) is 0 Å². The lowest BCUT2D eigenvalue weighted by Crippen LogP contribution is -2.37. The van der Waals surface area contributed by atoms with Crippen molar-refractivity contribution in [3.8, 4) is 0 Å². The van der Waals surface area contributed by atoms with Crippen LogP contribution >= 0.6 is 0 Å². The first-order valence-corrected chi connectivity index (χ1v) is 9.27. The maximum atomic E-state index is 2.43. The second-order valence-corrected chi connectivity index (χ2v) is 6.35. The van der Waals surface area contributed by atoms with E-state index in [0.717, 1.165) is 6.42 Å². The van der Waals surface area contributed by atoms with Crippen LogP contribution in [-0.4, -0.2) is 0 Å². The van der Waals surface area contributed by atoms with Gasteiger partial charge in [0, 0.05) is 25.0 Å². The quantitative estimate of drug-likeness (QED) is 0.340. The van der Waals surface area contributed by atoms with Crippen molar-refractivity contribution in [2.75, 3.05) is 0 Å². The highest BCUT2D eigenvalue weighted by atomic mass is 14.9. The third-order valence-electron chi connectivity index (χ3n) is 4.59. The molecule has 0 aliphatic carbocycles. The highest BCUT2D eigenvalue weighted by Gasteiger charge is 2.08. The summed E-state index contributed by atoms with van der Waals surface area (Å²) in [5, 5.41) is 0. The number of hydrogen-bond donors (Lipinski definition) is 0. The van der Waals surface area contributed by atoms with Crippen molar-refractivity contribution in [2.24, 2.45) is 0 Å². The fourth-order valence-corrected chi connectivity index (χ4v) is 3.07. The van der Waals surface area contributed by atoms with Gasteiger partial charge in [-0.25, -0.2) is 4.57 Å². The van der Waals surface area contributed by atoms with Gasteiger partial charge in [0.05, 0.1) is 0 Å².